The van der Waals surface area contributed by atoms with Gasteiger partial charge in [0.2, 0.25) is 0 Å². The van der Waals surface area contributed by atoms with E-state index in [1.165, 1.54) is 0 Å². The van der Waals surface area contributed by atoms with Crippen LogP contribution in [0.2, 0.25) is 0 Å². The third-order valence-corrected chi connectivity index (χ3v) is 5.43. The van der Waals surface area contributed by atoms with E-state index in [0.29, 0.717) is 23.0 Å². The molecule has 0 spiro atoms. The van der Waals surface area contributed by atoms with Crippen LogP contribution in [0.25, 0.3) is 0 Å². The van der Waals surface area contributed by atoms with Crippen molar-refractivity contribution >= 4 is 0 Å². The van der Waals surface area contributed by atoms with E-state index >= 15 is 0 Å². The smallest absolute Gasteiger partial charge is 0.133 e. The van der Waals surface area contributed by atoms with Crippen LogP contribution >= 0.6 is 0 Å². The molecule has 0 amide bonds. The van der Waals surface area contributed by atoms with E-state index in [0.717, 1.165) is 30.5 Å². The molecule has 0 aromatic heterocycles. The highest BCUT2D eigenvalue weighted by molar-refractivity contribution is 5.50. The van der Waals surface area contributed by atoms with Crippen molar-refractivity contribution in [2.75, 3.05) is 42.1 Å². The van der Waals surface area contributed by atoms with E-state index in [2.05, 4.69) is 5.32 Å². The number of nitrogens with one attached hydrogen (secondary N) is 1. The normalized spacial score (nSPS) is 16.7. The van der Waals surface area contributed by atoms with E-state index in [9.17, 15) is 0 Å². The Bertz CT molecular complexity index is 702. The van der Waals surface area contributed by atoms with Crippen LogP contribution in [-0.4, -0.2) is 48.1 Å². The van der Waals surface area contributed by atoms with Gasteiger partial charge in [0.05, 0.1) is 28.4 Å². The van der Waals surface area contributed by atoms with Crippen LogP contribution in [-0.2, 0) is 10.3 Å². The number of methoxy groups -OCH3 is 5. The van der Waals surface area contributed by atoms with Crippen LogP contribution in [0.15, 0.2) is 36.4 Å². The van der Waals surface area contributed by atoms with Crippen LogP contribution in [0.3, 0.4) is 0 Å². The molecule has 3 rings (SSSR count). The number of hydrogen-bond donors (Lipinski definition) is 1. The molecule has 1 aliphatic rings. The molecule has 0 saturated carbocycles. The van der Waals surface area contributed by atoms with Crippen molar-refractivity contribution in [3.05, 3.63) is 47.5 Å². The second-order valence-electron chi connectivity index (χ2n) is 6.79. The van der Waals surface area contributed by atoms with Gasteiger partial charge in [0.15, 0.2) is 0 Å². The van der Waals surface area contributed by atoms with Crippen LogP contribution in [0.4, 0.5) is 0 Å². The first-order valence-corrected chi connectivity index (χ1v) is 9.37. The SMILES string of the molecule is COc1cc(OC)cc(C(OC)(c2cc(OC)cc(OC)c2)C2CCCN2)c1. The molecule has 1 N–H and O–H groups in total. The van der Waals surface area contributed by atoms with Crippen molar-refractivity contribution < 1.29 is 23.7 Å². The molecule has 152 valence electrons. The minimum absolute atomic E-state index is 0.0751. The predicted molar refractivity (Wildman–Crippen MR) is 108 cm³/mol. The molecular weight excluding hydrogens is 358 g/mol. The molecule has 2 aromatic carbocycles. The van der Waals surface area contributed by atoms with Crippen molar-refractivity contribution in [2.24, 2.45) is 0 Å². The second-order valence-corrected chi connectivity index (χ2v) is 6.79. The van der Waals surface area contributed by atoms with E-state index in [1.54, 1.807) is 35.5 Å². The summed E-state index contributed by atoms with van der Waals surface area (Å²) >= 11 is 0. The molecule has 1 heterocycles. The Labute approximate surface area is 166 Å². The summed E-state index contributed by atoms with van der Waals surface area (Å²) in [7, 11) is 8.33. The Hall–Kier alpha value is -2.44. The predicted octanol–water partition coefficient (Wildman–Crippen LogP) is 3.36. The Morgan fingerprint density at radius 1 is 0.714 bits per heavy atom. The van der Waals surface area contributed by atoms with Crippen molar-refractivity contribution in [1.29, 1.82) is 0 Å². The first-order chi connectivity index (χ1) is 13.6. The molecule has 1 fully saturated rings. The maximum atomic E-state index is 6.31. The molecule has 1 aliphatic heterocycles. The molecular formula is C22H29NO5. The standard InChI is InChI=1S/C22H29NO5/c1-24-17-9-15(10-18(13-17)25-2)22(28-5,21-7-6-8-23-21)16-11-19(26-3)14-20(12-16)27-4/h9-14,21,23H,6-8H2,1-5H3. The lowest BCUT2D eigenvalue weighted by molar-refractivity contribution is -0.00682. The van der Waals surface area contributed by atoms with E-state index < -0.39 is 5.60 Å². The minimum atomic E-state index is -0.764. The first-order valence-electron chi connectivity index (χ1n) is 9.37. The molecule has 2 aromatic rings. The fourth-order valence-corrected chi connectivity index (χ4v) is 4.02. The van der Waals surface area contributed by atoms with Gasteiger partial charge in [-0.05, 0) is 54.8 Å². The summed E-state index contributed by atoms with van der Waals surface area (Å²) in [6, 6.07) is 11.8. The molecule has 6 nitrogen and oxygen atoms in total. The lowest BCUT2D eigenvalue weighted by Gasteiger charge is -2.39. The van der Waals surface area contributed by atoms with Gasteiger partial charge in [0, 0.05) is 25.3 Å². The molecule has 0 bridgehead atoms. The maximum absolute atomic E-state index is 6.31. The number of ether oxygens (including phenoxy) is 5. The summed E-state index contributed by atoms with van der Waals surface area (Å²) in [5, 5.41) is 3.61. The molecule has 1 atom stereocenters. The van der Waals surface area contributed by atoms with Gasteiger partial charge in [-0.2, -0.15) is 0 Å². The number of rotatable bonds is 8. The summed E-state index contributed by atoms with van der Waals surface area (Å²) in [5.41, 5.74) is 1.13. The van der Waals surface area contributed by atoms with Crippen molar-refractivity contribution in [2.45, 2.75) is 24.5 Å². The average molecular weight is 387 g/mol. The zero-order valence-electron chi connectivity index (χ0n) is 17.2. The van der Waals surface area contributed by atoms with Gasteiger partial charge in [0.25, 0.3) is 0 Å². The summed E-state index contributed by atoms with van der Waals surface area (Å²) in [4.78, 5) is 0. The Balaban J connectivity index is 2.28. The van der Waals surface area contributed by atoms with Gasteiger partial charge < -0.3 is 29.0 Å². The highest BCUT2D eigenvalue weighted by Gasteiger charge is 2.45. The molecule has 1 unspecified atom stereocenters. The number of benzene rings is 2. The topological polar surface area (TPSA) is 58.2 Å². The lowest BCUT2D eigenvalue weighted by Crippen LogP contribution is -2.47. The van der Waals surface area contributed by atoms with Crippen LogP contribution in [0, 0.1) is 0 Å². The summed E-state index contributed by atoms with van der Waals surface area (Å²) in [5.74, 6) is 2.85. The van der Waals surface area contributed by atoms with Crippen LogP contribution < -0.4 is 24.3 Å². The second kappa shape index (κ2) is 8.71. The Kier molecular flexibility index (Phi) is 6.31. The minimum Gasteiger partial charge on any atom is -0.497 e. The highest BCUT2D eigenvalue weighted by Crippen LogP contribution is 2.44. The van der Waals surface area contributed by atoms with E-state index in [4.69, 9.17) is 23.7 Å². The third-order valence-electron chi connectivity index (χ3n) is 5.43. The van der Waals surface area contributed by atoms with Crippen LogP contribution in [0.1, 0.15) is 24.0 Å². The largest absolute Gasteiger partial charge is 0.497 e. The zero-order valence-corrected chi connectivity index (χ0v) is 17.2. The first kappa shape index (κ1) is 20.3. The summed E-state index contributed by atoms with van der Waals surface area (Å²) in [6.07, 6.45) is 2.06. The van der Waals surface area contributed by atoms with E-state index in [-0.39, 0.29) is 6.04 Å². The monoisotopic (exact) mass is 387 g/mol. The van der Waals surface area contributed by atoms with Gasteiger partial charge in [-0.1, -0.05) is 0 Å². The quantitative estimate of drug-likeness (QED) is 0.750. The van der Waals surface area contributed by atoms with Crippen LogP contribution in [0.5, 0.6) is 23.0 Å². The third kappa shape index (κ3) is 3.62. The average Bonchev–Trinajstić information content (AvgIpc) is 3.29. The van der Waals surface area contributed by atoms with Gasteiger partial charge >= 0.3 is 0 Å². The lowest BCUT2D eigenvalue weighted by atomic mass is 9.78. The number of hydrogen-bond acceptors (Lipinski definition) is 6. The molecule has 1 saturated heterocycles. The van der Waals surface area contributed by atoms with Gasteiger partial charge in [-0.3, -0.25) is 0 Å². The highest BCUT2D eigenvalue weighted by atomic mass is 16.5. The molecule has 6 heteroatoms. The summed E-state index contributed by atoms with van der Waals surface area (Å²) in [6.45, 7) is 0.942. The van der Waals surface area contributed by atoms with Crippen molar-refractivity contribution in [3.63, 3.8) is 0 Å². The Morgan fingerprint density at radius 3 is 1.43 bits per heavy atom. The van der Waals surface area contributed by atoms with Gasteiger partial charge in [-0.15, -0.1) is 0 Å². The Morgan fingerprint density at radius 2 is 1.14 bits per heavy atom. The molecule has 0 aliphatic carbocycles. The van der Waals surface area contributed by atoms with Crippen molar-refractivity contribution in [3.8, 4) is 23.0 Å². The zero-order chi connectivity index (χ0) is 20.1. The van der Waals surface area contributed by atoms with Gasteiger partial charge in [-0.25, -0.2) is 0 Å². The molecule has 28 heavy (non-hydrogen) atoms. The maximum Gasteiger partial charge on any atom is 0.133 e. The fourth-order valence-electron chi connectivity index (χ4n) is 4.02. The van der Waals surface area contributed by atoms with Gasteiger partial charge in [0.1, 0.15) is 28.6 Å². The fraction of sp³-hybridized carbons (Fsp3) is 0.455. The van der Waals surface area contributed by atoms with E-state index in [1.807, 2.05) is 36.4 Å². The molecule has 0 radical (unpaired) electrons. The van der Waals surface area contributed by atoms with Crippen molar-refractivity contribution in [1.82, 2.24) is 5.32 Å². The summed E-state index contributed by atoms with van der Waals surface area (Å²) < 4.78 is 28.4.